The molecule has 0 spiro atoms. The van der Waals surface area contributed by atoms with Crippen molar-refractivity contribution in [1.29, 1.82) is 0 Å². The zero-order chi connectivity index (χ0) is 19.6. The lowest BCUT2D eigenvalue weighted by molar-refractivity contribution is 0.0205. The Bertz CT molecular complexity index is 586. The first-order chi connectivity index (χ1) is 12.3. The molecule has 1 aromatic rings. The Hall–Kier alpha value is -1.55. The number of carbonyl (C=O) groups excluding carboxylic acids is 1. The Balaban J connectivity index is 0.00000676. The number of amides is 1. The monoisotopic (exact) mass is 492 g/mol. The summed E-state index contributed by atoms with van der Waals surface area (Å²) >= 11 is 0. The summed E-state index contributed by atoms with van der Waals surface area (Å²) in [6.07, 6.45) is -0.406. The fourth-order valence-electron chi connectivity index (χ4n) is 2.31. The number of nitrogens with zero attached hydrogens (tertiary/aromatic N) is 1. The van der Waals surface area contributed by atoms with Crippen LogP contribution in [0.4, 0.5) is 10.5 Å². The predicted octanol–water partition coefficient (Wildman–Crippen LogP) is 3.60. The number of aliphatic imine (C=N–C) groups is 1. The van der Waals surface area contributed by atoms with Crippen molar-refractivity contribution < 1.29 is 14.3 Å². The standard InChI is InChI=1S/C19H32N4O3.HI/c1-7-20-17(22-13-16(25-5)19(2,3)4)21-12-14-8-10-15(11-9-14)23-18(24)26-6;/h8-11,16H,7,12-13H2,1-6H3,(H,23,24)(H2,20,21,22);1H. The highest BCUT2D eigenvalue weighted by Gasteiger charge is 2.24. The van der Waals surface area contributed by atoms with E-state index < -0.39 is 6.09 Å². The first kappa shape index (κ1) is 25.4. The minimum absolute atomic E-state index is 0. The van der Waals surface area contributed by atoms with Crippen LogP contribution in [0.25, 0.3) is 0 Å². The van der Waals surface area contributed by atoms with Crippen molar-refractivity contribution in [2.45, 2.75) is 40.3 Å². The van der Waals surface area contributed by atoms with Gasteiger partial charge in [0.05, 0.1) is 19.8 Å². The molecule has 0 aliphatic heterocycles. The first-order valence-corrected chi connectivity index (χ1v) is 8.79. The minimum atomic E-state index is -0.485. The number of nitrogens with one attached hydrogen (secondary N) is 3. The van der Waals surface area contributed by atoms with Crippen LogP contribution in [0.5, 0.6) is 0 Å². The molecule has 1 aromatic carbocycles. The molecule has 0 radical (unpaired) electrons. The lowest BCUT2D eigenvalue weighted by atomic mass is 9.89. The lowest BCUT2D eigenvalue weighted by Crippen LogP contribution is -2.45. The van der Waals surface area contributed by atoms with Crippen LogP contribution in [0.15, 0.2) is 29.3 Å². The predicted molar refractivity (Wildman–Crippen MR) is 121 cm³/mol. The van der Waals surface area contributed by atoms with Crippen LogP contribution < -0.4 is 16.0 Å². The molecule has 1 amide bonds. The maximum absolute atomic E-state index is 11.2. The quantitative estimate of drug-likeness (QED) is 0.308. The topological polar surface area (TPSA) is 84.0 Å². The van der Waals surface area contributed by atoms with Gasteiger partial charge in [-0.1, -0.05) is 32.9 Å². The normalized spacial score (nSPS) is 12.6. The summed E-state index contributed by atoms with van der Waals surface area (Å²) in [7, 11) is 3.06. The van der Waals surface area contributed by atoms with Gasteiger partial charge in [-0.05, 0) is 30.0 Å². The van der Waals surface area contributed by atoms with Crippen molar-refractivity contribution in [3.05, 3.63) is 29.8 Å². The zero-order valence-electron chi connectivity index (χ0n) is 17.1. The van der Waals surface area contributed by atoms with Crippen molar-refractivity contribution in [3.63, 3.8) is 0 Å². The third-order valence-electron chi connectivity index (χ3n) is 3.86. The van der Waals surface area contributed by atoms with Crippen molar-refractivity contribution >= 4 is 41.7 Å². The Morgan fingerprint density at radius 3 is 2.26 bits per heavy atom. The number of hydrogen-bond donors (Lipinski definition) is 3. The van der Waals surface area contributed by atoms with Crippen LogP contribution in [-0.2, 0) is 16.0 Å². The molecule has 0 aliphatic rings. The van der Waals surface area contributed by atoms with Crippen molar-refractivity contribution in [2.75, 3.05) is 32.6 Å². The average Bonchev–Trinajstić information content (AvgIpc) is 2.60. The van der Waals surface area contributed by atoms with Crippen LogP contribution in [0.2, 0.25) is 0 Å². The van der Waals surface area contributed by atoms with Gasteiger partial charge in [0.1, 0.15) is 0 Å². The van der Waals surface area contributed by atoms with Gasteiger partial charge in [-0.2, -0.15) is 0 Å². The van der Waals surface area contributed by atoms with Crippen LogP contribution in [-0.4, -0.2) is 45.5 Å². The van der Waals surface area contributed by atoms with Gasteiger partial charge in [0.25, 0.3) is 0 Å². The molecule has 0 aliphatic carbocycles. The molecule has 8 heteroatoms. The average molecular weight is 492 g/mol. The van der Waals surface area contributed by atoms with Crippen LogP contribution >= 0.6 is 24.0 Å². The summed E-state index contributed by atoms with van der Waals surface area (Å²) in [5.74, 6) is 0.746. The largest absolute Gasteiger partial charge is 0.453 e. The molecule has 1 atom stereocenters. The van der Waals surface area contributed by atoms with Crippen LogP contribution in [0.3, 0.4) is 0 Å². The smallest absolute Gasteiger partial charge is 0.411 e. The number of ether oxygens (including phenoxy) is 2. The summed E-state index contributed by atoms with van der Waals surface area (Å²) < 4.78 is 10.1. The molecule has 0 heterocycles. The Morgan fingerprint density at radius 1 is 1.15 bits per heavy atom. The highest BCUT2D eigenvalue weighted by molar-refractivity contribution is 14.0. The van der Waals surface area contributed by atoms with E-state index in [9.17, 15) is 4.79 Å². The second-order valence-electron chi connectivity index (χ2n) is 6.98. The third-order valence-corrected chi connectivity index (χ3v) is 3.86. The molecule has 7 nitrogen and oxygen atoms in total. The number of methoxy groups -OCH3 is 2. The maximum atomic E-state index is 11.2. The second-order valence-corrected chi connectivity index (χ2v) is 6.98. The van der Waals surface area contributed by atoms with E-state index >= 15 is 0 Å². The molecule has 27 heavy (non-hydrogen) atoms. The van der Waals surface area contributed by atoms with E-state index in [1.807, 2.05) is 31.2 Å². The zero-order valence-corrected chi connectivity index (χ0v) is 19.4. The van der Waals surface area contributed by atoms with Crippen LogP contribution in [0.1, 0.15) is 33.3 Å². The Kier molecular flexibility index (Phi) is 12.0. The number of benzene rings is 1. The fourth-order valence-corrected chi connectivity index (χ4v) is 2.31. The minimum Gasteiger partial charge on any atom is -0.453 e. The van der Waals surface area contributed by atoms with Gasteiger partial charge < -0.3 is 20.1 Å². The van der Waals surface area contributed by atoms with Gasteiger partial charge in [0.15, 0.2) is 5.96 Å². The molecule has 0 saturated heterocycles. The van der Waals surface area contributed by atoms with Crippen molar-refractivity contribution in [3.8, 4) is 0 Å². The molecular formula is C19H33IN4O3. The van der Waals surface area contributed by atoms with E-state index in [1.165, 1.54) is 7.11 Å². The number of carbonyl (C=O) groups is 1. The Morgan fingerprint density at radius 2 is 1.78 bits per heavy atom. The van der Waals surface area contributed by atoms with Crippen LogP contribution in [0, 0.1) is 5.41 Å². The van der Waals surface area contributed by atoms with E-state index in [1.54, 1.807) is 7.11 Å². The molecule has 1 unspecified atom stereocenters. The molecule has 1 rings (SSSR count). The van der Waals surface area contributed by atoms with Gasteiger partial charge in [-0.25, -0.2) is 9.79 Å². The second kappa shape index (κ2) is 12.8. The number of guanidine groups is 1. The van der Waals surface area contributed by atoms with E-state index in [0.717, 1.165) is 18.1 Å². The maximum Gasteiger partial charge on any atom is 0.411 e. The number of halogens is 1. The highest BCUT2D eigenvalue weighted by Crippen LogP contribution is 2.20. The number of anilines is 1. The van der Waals surface area contributed by atoms with E-state index in [-0.39, 0.29) is 35.5 Å². The molecule has 3 N–H and O–H groups in total. The van der Waals surface area contributed by atoms with Gasteiger partial charge >= 0.3 is 6.09 Å². The summed E-state index contributed by atoms with van der Waals surface area (Å²) in [4.78, 5) is 15.8. The van der Waals surface area contributed by atoms with E-state index in [2.05, 4.69) is 46.5 Å². The highest BCUT2D eigenvalue weighted by atomic mass is 127. The van der Waals surface area contributed by atoms with Gasteiger partial charge in [-0.3, -0.25) is 5.32 Å². The van der Waals surface area contributed by atoms with E-state index in [4.69, 9.17) is 4.74 Å². The van der Waals surface area contributed by atoms with Crippen molar-refractivity contribution in [1.82, 2.24) is 10.6 Å². The van der Waals surface area contributed by atoms with Gasteiger partial charge in [0.2, 0.25) is 0 Å². The summed E-state index contributed by atoms with van der Waals surface area (Å²) in [6, 6.07) is 7.49. The summed E-state index contributed by atoms with van der Waals surface area (Å²) in [5.41, 5.74) is 1.76. The first-order valence-electron chi connectivity index (χ1n) is 8.79. The number of rotatable bonds is 7. The SMILES string of the molecule is CCNC(=NCc1ccc(NC(=O)OC)cc1)NCC(OC)C(C)(C)C.I. The molecule has 0 aromatic heterocycles. The van der Waals surface area contributed by atoms with Crippen molar-refractivity contribution in [2.24, 2.45) is 10.4 Å². The van der Waals surface area contributed by atoms with Gasteiger partial charge in [0, 0.05) is 25.9 Å². The summed E-state index contributed by atoms with van der Waals surface area (Å²) in [5, 5.41) is 9.19. The Labute approximate surface area is 179 Å². The molecule has 0 bridgehead atoms. The molecule has 0 saturated carbocycles. The fraction of sp³-hybridized carbons (Fsp3) is 0.579. The lowest BCUT2D eigenvalue weighted by Gasteiger charge is -2.30. The molecular weight excluding hydrogens is 459 g/mol. The summed E-state index contributed by atoms with van der Waals surface area (Å²) in [6.45, 7) is 10.5. The molecule has 0 fully saturated rings. The van der Waals surface area contributed by atoms with Gasteiger partial charge in [-0.15, -0.1) is 24.0 Å². The number of hydrogen-bond acceptors (Lipinski definition) is 4. The third kappa shape index (κ3) is 9.81. The van der Waals surface area contributed by atoms with E-state index in [0.29, 0.717) is 18.8 Å². The molecule has 154 valence electrons.